The third kappa shape index (κ3) is 5.45. The number of rotatable bonds is 6. The van der Waals surface area contributed by atoms with Crippen LogP contribution in [0.15, 0.2) is 179 Å². The van der Waals surface area contributed by atoms with E-state index in [9.17, 15) is 0 Å². The number of para-hydroxylation sites is 2. The highest BCUT2D eigenvalue weighted by molar-refractivity contribution is 6.55. The number of benzene rings is 7. The smallest absolute Gasteiger partial charge is 0.160 e. The summed E-state index contributed by atoms with van der Waals surface area (Å²) >= 11 is 0. The number of hydrazone groups is 1. The maximum Gasteiger partial charge on any atom is 0.160 e. The molecule has 7 aromatic carbocycles. The first-order valence-corrected chi connectivity index (χ1v) is 17.9. The lowest BCUT2D eigenvalue weighted by atomic mass is 9.88. The van der Waals surface area contributed by atoms with Gasteiger partial charge in [0, 0.05) is 33.0 Å². The molecule has 54 heavy (non-hydrogen) atoms. The number of allylic oxidation sites excluding steroid dienone is 1. The molecule has 0 aliphatic heterocycles. The van der Waals surface area contributed by atoms with E-state index in [1.165, 1.54) is 0 Å². The molecule has 0 amide bonds. The molecule has 1 aliphatic carbocycles. The van der Waals surface area contributed by atoms with Crippen LogP contribution in [-0.4, -0.2) is 21.4 Å². The summed E-state index contributed by atoms with van der Waals surface area (Å²) in [6.07, 6.45) is 3.78. The van der Waals surface area contributed by atoms with Crippen molar-refractivity contribution in [2.75, 3.05) is 5.43 Å². The molecule has 0 saturated heterocycles. The maximum atomic E-state index is 8.89. The molecule has 1 aliphatic rings. The average molecular weight is 694 g/mol. The number of nitrogens with zero attached hydrogens (tertiary/aromatic N) is 3. The van der Waals surface area contributed by atoms with Crippen LogP contribution < -0.4 is 5.43 Å². The van der Waals surface area contributed by atoms with Gasteiger partial charge < -0.3 is 4.42 Å². The van der Waals surface area contributed by atoms with E-state index in [1.807, 2.05) is 72.8 Å². The van der Waals surface area contributed by atoms with Crippen LogP contribution >= 0.6 is 0 Å². The zero-order valence-electron chi connectivity index (χ0n) is 29.0. The molecule has 2 N–H and O–H groups in total. The lowest BCUT2D eigenvalue weighted by molar-refractivity contribution is 0.669. The minimum atomic E-state index is 0.335. The third-order valence-corrected chi connectivity index (χ3v) is 10.00. The minimum absolute atomic E-state index is 0.335. The van der Waals surface area contributed by atoms with Gasteiger partial charge in [0.2, 0.25) is 0 Å². The van der Waals surface area contributed by atoms with E-state index >= 15 is 0 Å². The molecule has 10 rings (SSSR count). The molecule has 2 heterocycles. The molecule has 0 fully saturated rings. The van der Waals surface area contributed by atoms with Gasteiger partial charge in [0.1, 0.15) is 16.9 Å². The van der Waals surface area contributed by atoms with Crippen molar-refractivity contribution < 1.29 is 4.42 Å². The first-order valence-electron chi connectivity index (χ1n) is 17.9. The van der Waals surface area contributed by atoms with Crippen LogP contribution in [0.2, 0.25) is 0 Å². The molecule has 254 valence electrons. The Morgan fingerprint density at radius 2 is 1.22 bits per heavy atom. The van der Waals surface area contributed by atoms with Crippen molar-refractivity contribution in [2.24, 2.45) is 5.10 Å². The van der Waals surface area contributed by atoms with Crippen molar-refractivity contribution in [3.8, 4) is 45.0 Å². The van der Waals surface area contributed by atoms with Gasteiger partial charge in [0.15, 0.2) is 5.82 Å². The van der Waals surface area contributed by atoms with Gasteiger partial charge >= 0.3 is 0 Å². The molecule has 6 nitrogen and oxygen atoms in total. The largest absolute Gasteiger partial charge is 0.456 e. The topological polar surface area (TPSA) is 87.2 Å². The molecule has 0 saturated carbocycles. The molecular formula is C48H31N5O. The first kappa shape index (κ1) is 31.3. The van der Waals surface area contributed by atoms with E-state index in [4.69, 9.17) is 24.9 Å². The van der Waals surface area contributed by atoms with Gasteiger partial charge in [-0.05, 0) is 69.9 Å². The number of hydrogen-bond donors (Lipinski definition) is 2. The van der Waals surface area contributed by atoms with Gasteiger partial charge in [0.05, 0.1) is 22.8 Å². The van der Waals surface area contributed by atoms with Crippen molar-refractivity contribution in [3.63, 3.8) is 0 Å². The standard InChI is InChI=1S/C48H31N5O/c49-40-27-26-32-24-22-31-23-25-33(28-39(31)45(32)47(40)53-52-34-14-5-2-6-15-34)48-50-41(36-17-8-7-16-35(36)30-12-3-1-4-13-30)29-42(51-48)37-19-11-21-44-46(37)38-18-9-10-20-43(38)54-44/h1-29,49,52H/b49-40?,53-47+. The summed E-state index contributed by atoms with van der Waals surface area (Å²) in [4.78, 5) is 10.6. The lowest BCUT2D eigenvalue weighted by Gasteiger charge is -2.18. The number of anilines is 1. The van der Waals surface area contributed by atoms with Gasteiger partial charge in [-0.25, -0.2) is 9.97 Å². The fraction of sp³-hybridized carbons (Fsp3) is 0. The Kier molecular flexibility index (Phi) is 7.51. The van der Waals surface area contributed by atoms with E-state index in [-0.39, 0.29) is 0 Å². The quantitative estimate of drug-likeness (QED) is 0.170. The zero-order valence-corrected chi connectivity index (χ0v) is 29.0. The number of nitrogens with one attached hydrogen (secondary N) is 2. The Labute approximate surface area is 311 Å². The van der Waals surface area contributed by atoms with Crippen molar-refractivity contribution >= 4 is 55.9 Å². The van der Waals surface area contributed by atoms with E-state index < -0.39 is 0 Å². The van der Waals surface area contributed by atoms with Crippen molar-refractivity contribution in [3.05, 3.63) is 181 Å². The SMILES string of the molecule is N=C1C=Cc2ccc3ccc(-c4nc(-c5ccccc5-c5ccccc5)cc(-c5cccc6oc7ccccc7c56)n4)cc3c2/C1=N/Nc1ccccc1. The third-order valence-electron chi connectivity index (χ3n) is 10.00. The summed E-state index contributed by atoms with van der Waals surface area (Å²) in [5, 5.41) is 17.7. The summed E-state index contributed by atoms with van der Waals surface area (Å²) in [7, 11) is 0. The van der Waals surface area contributed by atoms with Crippen molar-refractivity contribution in [2.45, 2.75) is 0 Å². The Balaban J connectivity index is 1.20. The monoisotopic (exact) mass is 693 g/mol. The van der Waals surface area contributed by atoms with Gasteiger partial charge in [-0.15, -0.1) is 0 Å². The van der Waals surface area contributed by atoms with Crippen LogP contribution in [-0.2, 0) is 0 Å². The Hall–Kier alpha value is -7.44. The molecule has 6 heteroatoms. The van der Waals surface area contributed by atoms with Crippen LogP contribution in [0.5, 0.6) is 0 Å². The fourth-order valence-electron chi connectivity index (χ4n) is 7.43. The molecule has 0 spiro atoms. The van der Waals surface area contributed by atoms with Crippen LogP contribution in [0.3, 0.4) is 0 Å². The second-order valence-corrected chi connectivity index (χ2v) is 13.3. The number of aromatic nitrogens is 2. The maximum absolute atomic E-state index is 8.89. The van der Waals surface area contributed by atoms with Crippen LogP contribution in [0.1, 0.15) is 11.1 Å². The lowest BCUT2D eigenvalue weighted by Crippen LogP contribution is -2.19. The van der Waals surface area contributed by atoms with Crippen LogP contribution in [0, 0.1) is 5.41 Å². The highest BCUT2D eigenvalue weighted by Gasteiger charge is 2.22. The Bertz CT molecular complexity index is 2980. The van der Waals surface area contributed by atoms with E-state index in [0.29, 0.717) is 17.2 Å². The van der Waals surface area contributed by atoms with Gasteiger partial charge in [-0.1, -0.05) is 133 Å². The molecule has 0 bridgehead atoms. The summed E-state index contributed by atoms with van der Waals surface area (Å²) < 4.78 is 6.31. The van der Waals surface area contributed by atoms with E-state index in [0.717, 1.165) is 88.7 Å². The van der Waals surface area contributed by atoms with Gasteiger partial charge in [-0.2, -0.15) is 5.10 Å². The first-order chi connectivity index (χ1) is 26.7. The molecule has 0 unspecified atom stereocenters. The van der Waals surface area contributed by atoms with Gasteiger partial charge in [0.25, 0.3) is 0 Å². The predicted molar refractivity (Wildman–Crippen MR) is 222 cm³/mol. The average Bonchev–Trinajstić information content (AvgIpc) is 3.63. The molecule has 2 aromatic heterocycles. The molecular weight excluding hydrogens is 663 g/mol. The summed E-state index contributed by atoms with van der Waals surface area (Å²) in [6.45, 7) is 0. The Morgan fingerprint density at radius 1 is 0.537 bits per heavy atom. The van der Waals surface area contributed by atoms with Gasteiger partial charge in [-0.3, -0.25) is 10.8 Å². The van der Waals surface area contributed by atoms with E-state index in [2.05, 4.69) is 102 Å². The predicted octanol–water partition coefficient (Wildman–Crippen LogP) is 12.1. The number of fused-ring (bicyclic) bond motifs is 6. The highest BCUT2D eigenvalue weighted by atomic mass is 16.3. The summed E-state index contributed by atoms with van der Waals surface area (Å²) in [5.41, 5.74) is 15.1. The molecule has 0 atom stereocenters. The van der Waals surface area contributed by atoms with Crippen molar-refractivity contribution in [1.29, 1.82) is 5.41 Å². The summed E-state index contributed by atoms with van der Waals surface area (Å²) in [6, 6.07) is 55.5. The second kappa shape index (κ2) is 13.0. The van der Waals surface area contributed by atoms with E-state index in [1.54, 1.807) is 6.08 Å². The fourth-order valence-corrected chi connectivity index (χ4v) is 7.43. The molecule has 0 radical (unpaired) electrons. The van der Waals surface area contributed by atoms with Crippen molar-refractivity contribution in [1.82, 2.24) is 9.97 Å². The molecule has 9 aromatic rings. The van der Waals surface area contributed by atoms with Crippen LogP contribution in [0.25, 0.3) is 83.8 Å². The normalized spacial score (nSPS) is 13.2. The second-order valence-electron chi connectivity index (χ2n) is 13.3. The summed E-state index contributed by atoms with van der Waals surface area (Å²) in [5.74, 6) is 0.594. The zero-order chi connectivity index (χ0) is 36.0. The highest BCUT2D eigenvalue weighted by Crippen LogP contribution is 2.40. The Morgan fingerprint density at radius 3 is 2.07 bits per heavy atom. The number of furan rings is 1. The number of hydrogen-bond acceptors (Lipinski definition) is 6. The van der Waals surface area contributed by atoms with Crippen LogP contribution in [0.4, 0.5) is 5.69 Å². The minimum Gasteiger partial charge on any atom is -0.456 e.